The molecule has 5 rings (SSSR count). The van der Waals surface area contributed by atoms with Gasteiger partial charge < -0.3 is 19.3 Å². The lowest BCUT2D eigenvalue weighted by Gasteiger charge is -2.32. The first-order valence-electron chi connectivity index (χ1n) is 8.66. The number of ether oxygens (including phenoxy) is 2. The molecule has 0 aliphatic carbocycles. The van der Waals surface area contributed by atoms with Crippen LogP contribution in [0.25, 0.3) is 0 Å². The van der Waals surface area contributed by atoms with Gasteiger partial charge in [0.15, 0.2) is 11.5 Å². The lowest BCUT2D eigenvalue weighted by molar-refractivity contribution is -0.130. The highest BCUT2D eigenvalue weighted by Crippen LogP contribution is 2.36. The summed E-state index contributed by atoms with van der Waals surface area (Å²) in [5, 5.41) is 0.572. The number of halogens is 1. The summed E-state index contributed by atoms with van der Waals surface area (Å²) in [6.07, 6.45) is 2.73. The number of carbonyl (C=O) groups excluding carboxylic acids is 1. The molecule has 3 saturated heterocycles. The van der Waals surface area contributed by atoms with Gasteiger partial charge >= 0.3 is 0 Å². The summed E-state index contributed by atoms with van der Waals surface area (Å²) >= 11 is 6.35. The van der Waals surface area contributed by atoms with Crippen LogP contribution in [0.5, 0.6) is 11.5 Å². The highest BCUT2D eigenvalue weighted by molar-refractivity contribution is 6.31. The summed E-state index contributed by atoms with van der Waals surface area (Å²) in [4.78, 5) is 17.3. The van der Waals surface area contributed by atoms with Crippen molar-refractivity contribution in [1.29, 1.82) is 0 Å². The number of likely N-dealkylation sites (N-methyl/N-ethyl adjacent to an activating group) is 1. The molecule has 4 aliphatic heterocycles. The Hall–Kier alpha value is -1.46. The fraction of sp³-hybridized carbons (Fsp3) is 0.611. The monoisotopic (exact) mass is 350 g/mol. The predicted molar refractivity (Wildman–Crippen MR) is 91.9 cm³/mol. The fourth-order valence-corrected chi connectivity index (χ4v) is 4.26. The number of hydrogen-bond donors (Lipinski definition) is 0. The largest absolute Gasteiger partial charge is 0.486 e. The molecule has 0 radical (unpaired) electrons. The first-order valence-corrected chi connectivity index (χ1v) is 9.04. The van der Waals surface area contributed by atoms with Crippen LogP contribution in [0, 0.1) is 5.92 Å². The first-order chi connectivity index (χ1) is 11.6. The second-order valence-corrected chi connectivity index (χ2v) is 7.51. The topological polar surface area (TPSA) is 42.0 Å². The maximum atomic E-state index is 12.8. The molecular formula is C18H23ClN2O3. The van der Waals surface area contributed by atoms with Gasteiger partial charge in [-0.05, 0) is 37.4 Å². The minimum Gasteiger partial charge on any atom is -0.486 e. The van der Waals surface area contributed by atoms with Crippen LogP contribution in [0.3, 0.4) is 0 Å². The minimum atomic E-state index is 0.153. The van der Waals surface area contributed by atoms with Crippen molar-refractivity contribution in [3.8, 4) is 11.5 Å². The van der Waals surface area contributed by atoms with Crippen molar-refractivity contribution in [3.05, 3.63) is 22.7 Å². The average Bonchev–Trinajstić information content (AvgIpc) is 2.87. The zero-order chi connectivity index (χ0) is 16.7. The quantitative estimate of drug-likeness (QED) is 0.820. The van der Waals surface area contributed by atoms with Crippen molar-refractivity contribution in [1.82, 2.24) is 9.80 Å². The molecule has 0 spiro atoms. The van der Waals surface area contributed by atoms with Gasteiger partial charge in [0.2, 0.25) is 5.91 Å². The van der Waals surface area contributed by atoms with Gasteiger partial charge in [-0.15, -0.1) is 0 Å². The van der Waals surface area contributed by atoms with E-state index in [2.05, 4.69) is 11.9 Å². The number of benzene rings is 1. The molecule has 5 nitrogen and oxygen atoms in total. The smallest absolute Gasteiger partial charge is 0.227 e. The van der Waals surface area contributed by atoms with Crippen molar-refractivity contribution in [2.24, 2.45) is 5.92 Å². The van der Waals surface area contributed by atoms with Crippen molar-refractivity contribution in [3.63, 3.8) is 0 Å². The molecule has 4 aliphatic rings. The third-order valence-electron chi connectivity index (χ3n) is 5.39. The second-order valence-electron chi connectivity index (χ2n) is 7.10. The van der Waals surface area contributed by atoms with Gasteiger partial charge in [-0.25, -0.2) is 0 Å². The Morgan fingerprint density at radius 2 is 1.92 bits per heavy atom. The van der Waals surface area contributed by atoms with Crippen LogP contribution < -0.4 is 9.47 Å². The SMILES string of the molecule is CN1C[C@H]2CC[C@@H]1CN(C(=O)Cc1cc3c(cc1Cl)OCCO3)C2. The Morgan fingerprint density at radius 3 is 2.67 bits per heavy atom. The number of amides is 1. The standard InChI is InChI=1S/C18H23ClN2O3/c1-20-9-12-2-3-14(20)11-21(10-12)18(22)7-13-6-16-17(8-15(13)19)24-5-4-23-16/h6,8,12,14H,2-5,7,9-11H2,1H3/t12-,14-/m1/s1. The van der Waals surface area contributed by atoms with Gasteiger partial charge in [0.05, 0.1) is 6.42 Å². The molecule has 4 heterocycles. The molecule has 2 bridgehead atoms. The molecule has 3 fully saturated rings. The molecule has 0 unspecified atom stereocenters. The molecular weight excluding hydrogens is 328 g/mol. The molecule has 1 aromatic rings. The summed E-state index contributed by atoms with van der Waals surface area (Å²) in [5.41, 5.74) is 0.816. The Balaban J connectivity index is 1.50. The molecule has 0 N–H and O–H groups in total. The van der Waals surface area contributed by atoms with Crippen molar-refractivity contribution in [2.75, 3.05) is 39.9 Å². The van der Waals surface area contributed by atoms with E-state index in [9.17, 15) is 4.79 Å². The molecule has 2 atom stereocenters. The van der Waals surface area contributed by atoms with E-state index >= 15 is 0 Å². The fourth-order valence-electron chi connectivity index (χ4n) is 4.04. The number of carbonyl (C=O) groups is 1. The van der Waals surface area contributed by atoms with E-state index in [0.29, 0.717) is 48.1 Å². The lowest BCUT2D eigenvalue weighted by Crippen LogP contribution is -2.42. The van der Waals surface area contributed by atoms with Crippen LogP contribution in [0.1, 0.15) is 18.4 Å². The highest BCUT2D eigenvalue weighted by atomic mass is 35.5. The second kappa shape index (κ2) is 6.45. The molecule has 0 aromatic heterocycles. The van der Waals surface area contributed by atoms with Gasteiger partial charge in [0.1, 0.15) is 13.2 Å². The Labute approximate surface area is 147 Å². The molecule has 1 aromatic carbocycles. The van der Waals surface area contributed by atoms with E-state index in [4.69, 9.17) is 21.1 Å². The third-order valence-corrected chi connectivity index (χ3v) is 5.74. The first kappa shape index (κ1) is 16.0. The van der Waals surface area contributed by atoms with Crippen molar-refractivity contribution >= 4 is 17.5 Å². The van der Waals surface area contributed by atoms with Crippen LogP contribution in [0.2, 0.25) is 5.02 Å². The lowest BCUT2D eigenvalue weighted by atomic mass is 9.96. The summed E-state index contributed by atoms with van der Waals surface area (Å²) in [7, 11) is 2.17. The van der Waals surface area contributed by atoms with Crippen LogP contribution in [0.4, 0.5) is 0 Å². The van der Waals surface area contributed by atoms with E-state index in [0.717, 1.165) is 25.2 Å². The van der Waals surface area contributed by atoms with Crippen LogP contribution in [0.15, 0.2) is 12.1 Å². The number of piperidine rings is 1. The number of hydrogen-bond acceptors (Lipinski definition) is 4. The van der Waals surface area contributed by atoms with Gasteiger partial charge in [-0.3, -0.25) is 4.79 Å². The summed E-state index contributed by atoms with van der Waals surface area (Å²) in [5.74, 6) is 2.09. The number of rotatable bonds is 2. The van der Waals surface area contributed by atoms with E-state index < -0.39 is 0 Å². The van der Waals surface area contributed by atoms with Gasteiger partial charge in [-0.2, -0.15) is 0 Å². The summed E-state index contributed by atoms with van der Waals surface area (Å²) in [6, 6.07) is 4.11. The van der Waals surface area contributed by atoms with E-state index in [-0.39, 0.29) is 5.91 Å². The normalized spacial score (nSPS) is 26.3. The Kier molecular flexibility index (Phi) is 4.31. The van der Waals surface area contributed by atoms with Crippen LogP contribution >= 0.6 is 11.6 Å². The van der Waals surface area contributed by atoms with Crippen molar-refractivity contribution < 1.29 is 14.3 Å². The third kappa shape index (κ3) is 3.07. The Morgan fingerprint density at radius 1 is 1.17 bits per heavy atom. The van der Waals surface area contributed by atoms with Crippen LogP contribution in [-0.4, -0.2) is 61.6 Å². The van der Waals surface area contributed by atoms with Gasteiger partial charge in [0, 0.05) is 36.8 Å². The molecule has 24 heavy (non-hydrogen) atoms. The Bertz CT molecular complexity index is 651. The van der Waals surface area contributed by atoms with E-state index in [1.165, 1.54) is 12.8 Å². The zero-order valence-electron chi connectivity index (χ0n) is 14.0. The molecule has 130 valence electrons. The predicted octanol–water partition coefficient (Wildman–Crippen LogP) is 2.21. The molecule has 1 amide bonds. The number of fused-ring (bicyclic) bond motifs is 5. The van der Waals surface area contributed by atoms with Gasteiger partial charge in [-0.1, -0.05) is 11.6 Å². The molecule has 0 saturated carbocycles. The van der Waals surface area contributed by atoms with Gasteiger partial charge in [0.25, 0.3) is 0 Å². The maximum Gasteiger partial charge on any atom is 0.227 e. The highest BCUT2D eigenvalue weighted by Gasteiger charge is 2.34. The maximum absolute atomic E-state index is 12.8. The van der Waals surface area contributed by atoms with Crippen LogP contribution in [-0.2, 0) is 11.2 Å². The minimum absolute atomic E-state index is 0.153. The van der Waals surface area contributed by atoms with E-state index in [1.54, 1.807) is 6.07 Å². The molecule has 6 heteroatoms. The van der Waals surface area contributed by atoms with Crippen molar-refractivity contribution in [2.45, 2.75) is 25.3 Å². The zero-order valence-corrected chi connectivity index (χ0v) is 14.7. The average molecular weight is 351 g/mol. The van der Waals surface area contributed by atoms with E-state index in [1.807, 2.05) is 11.0 Å². The summed E-state index contributed by atoms with van der Waals surface area (Å²) in [6.45, 7) is 3.85. The summed E-state index contributed by atoms with van der Waals surface area (Å²) < 4.78 is 11.1. The number of nitrogens with zero attached hydrogens (tertiary/aromatic N) is 2.